The van der Waals surface area contributed by atoms with E-state index in [1.54, 1.807) is 24.3 Å². The van der Waals surface area contributed by atoms with Gasteiger partial charge in [-0.05, 0) is 32.9 Å². The molecule has 0 aromatic heterocycles. The molecular weight excluding hydrogens is 314 g/mol. The maximum absolute atomic E-state index is 12.8. The highest BCUT2D eigenvalue weighted by Crippen LogP contribution is 2.17. The van der Waals surface area contributed by atoms with Crippen LogP contribution in [-0.4, -0.2) is 38.9 Å². The molecule has 0 aliphatic heterocycles. The van der Waals surface area contributed by atoms with Gasteiger partial charge in [0.25, 0.3) is 0 Å². The molecule has 23 heavy (non-hydrogen) atoms. The molecule has 0 bridgehead atoms. The zero-order valence-corrected chi connectivity index (χ0v) is 14.6. The van der Waals surface area contributed by atoms with Gasteiger partial charge in [-0.3, -0.25) is 0 Å². The number of carbonyl (C=O) groups is 1. The second-order valence-corrected chi connectivity index (χ2v) is 6.95. The highest BCUT2D eigenvalue weighted by molar-refractivity contribution is 7.89. The van der Waals surface area contributed by atoms with Crippen LogP contribution in [0.15, 0.2) is 40.8 Å². The van der Waals surface area contributed by atoms with E-state index in [-0.39, 0.29) is 18.0 Å². The molecule has 0 aliphatic carbocycles. The molecule has 5 nitrogen and oxygen atoms in total. The summed E-state index contributed by atoms with van der Waals surface area (Å²) in [6.07, 6.45) is 1.84. The number of benzene rings is 1. The van der Waals surface area contributed by atoms with Gasteiger partial charge in [0.15, 0.2) is 0 Å². The number of hydrogen-bond acceptors (Lipinski definition) is 4. The number of esters is 1. The normalized spacial score (nSPS) is 11.8. The second-order valence-electron chi connectivity index (χ2n) is 5.01. The minimum Gasteiger partial charge on any atom is -0.459 e. The molecule has 0 radical (unpaired) electrons. The number of hydrogen-bond donors (Lipinski definition) is 0. The Labute approximate surface area is 138 Å². The summed E-state index contributed by atoms with van der Waals surface area (Å²) in [4.78, 5) is 11.3. The average Bonchev–Trinajstić information content (AvgIpc) is 2.53. The van der Waals surface area contributed by atoms with Crippen LogP contribution in [0, 0.1) is 18.8 Å². The quantitative estimate of drug-likeness (QED) is 0.358. The largest absolute Gasteiger partial charge is 0.459 e. The molecule has 0 saturated heterocycles. The summed E-state index contributed by atoms with van der Waals surface area (Å²) in [7, 11) is -2.47. The summed E-state index contributed by atoms with van der Waals surface area (Å²) < 4.78 is 31.2. The topological polar surface area (TPSA) is 63.7 Å². The Hall–Kier alpha value is -2.10. The molecule has 124 valence electrons. The molecule has 0 spiro atoms. The zero-order chi connectivity index (χ0) is 17.5. The summed E-state index contributed by atoms with van der Waals surface area (Å²) in [6, 6.07) is 6.62. The van der Waals surface area contributed by atoms with E-state index in [2.05, 4.69) is 16.6 Å². The van der Waals surface area contributed by atoms with Crippen LogP contribution in [0.1, 0.15) is 19.4 Å². The number of sulfonamides is 1. The predicted molar refractivity (Wildman–Crippen MR) is 89.2 cm³/mol. The van der Waals surface area contributed by atoms with E-state index in [0.29, 0.717) is 0 Å². The summed E-state index contributed by atoms with van der Waals surface area (Å²) in [5.74, 6) is 4.10. The highest BCUT2D eigenvalue weighted by Gasteiger charge is 2.23. The van der Waals surface area contributed by atoms with Gasteiger partial charge in [0.1, 0.15) is 0 Å². The van der Waals surface area contributed by atoms with Gasteiger partial charge >= 0.3 is 5.97 Å². The first-order valence-electron chi connectivity index (χ1n) is 7.06. The van der Waals surface area contributed by atoms with Crippen LogP contribution in [-0.2, 0) is 19.6 Å². The maximum atomic E-state index is 12.8. The molecule has 0 N–H and O–H groups in total. The Kier molecular flexibility index (Phi) is 7.01. The zero-order valence-electron chi connectivity index (χ0n) is 13.8. The van der Waals surface area contributed by atoms with Crippen molar-refractivity contribution in [1.29, 1.82) is 0 Å². The number of allylic oxidation sites excluding steroid dienone is 1. The molecule has 1 aromatic rings. The van der Waals surface area contributed by atoms with Crippen LogP contribution in [0.5, 0.6) is 0 Å². The lowest BCUT2D eigenvalue weighted by Crippen LogP contribution is -2.33. The number of ether oxygens (including phenoxy) is 1. The van der Waals surface area contributed by atoms with Crippen LogP contribution in [0.4, 0.5) is 0 Å². The Morgan fingerprint density at radius 1 is 1.30 bits per heavy atom. The third-order valence-electron chi connectivity index (χ3n) is 3.21. The molecular formula is C17H21NO4S. The highest BCUT2D eigenvalue weighted by atomic mass is 32.2. The van der Waals surface area contributed by atoms with Gasteiger partial charge in [-0.2, -0.15) is 4.31 Å². The van der Waals surface area contributed by atoms with Crippen molar-refractivity contribution < 1.29 is 17.9 Å². The van der Waals surface area contributed by atoms with Crippen LogP contribution < -0.4 is 0 Å². The Balaban J connectivity index is 3.13. The van der Waals surface area contributed by atoms with E-state index in [0.717, 1.165) is 11.1 Å². The van der Waals surface area contributed by atoms with Gasteiger partial charge in [-0.1, -0.05) is 35.3 Å². The lowest BCUT2D eigenvalue weighted by molar-refractivity contribution is -0.133. The minimum atomic E-state index is -3.69. The van der Waals surface area contributed by atoms with Crippen LogP contribution in [0.2, 0.25) is 0 Å². The first kappa shape index (κ1) is 18.9. The first-order chi connectivity index (χ1) is 10.8. The van der Waals surface area contributed by atoms with E-state index in [1.807, 2.05) is 26.8 Å². The molecule has 0 amide bonds. The van der Waals surface area contributed by atoms with Crippen molar-refractivity contribution in [3.63, 3.8) is 0 Å². The minimum absolute atomic E-state index is 0.0868. The van der Waals surface area contributed by atoms with Gasteiger partial charge in [0.2, 0.25) is 10.0 Å². The third kappa shape index (κ3) is 5.55. The fourth-order valence-corrected chi connectivity index (χ4v) is 3.09. The van der Waals surface area contributed by atoms with Gasteiger partial charge in [-0.25, -0.2) is 13.2 Å². The number of methoxy groups -OCH3 is 1. The summed E-state index contributed by atoms with van der Waals surface area (Å²) in [5.41, 5.74) is 1.87. The standard InChI is InChI=1S/C17H21NO4S/c1-5-14(2)13-18(12-6-7-17(19)22-4)23(20,21)16-10-8-15(3)9-11-16/h5,8-11H,12-13H2,1-4H3/b14-5+. The lowest BCUT2D eigenvalue weighted by atomic mass is 10.2. The first-order valence-corrected chi connectivity index (χ1v) is 8.50. The molecule has 0 unspecified atom stereocenters. The van der Waals surface area contributed by atoms with Gasteiger partial charge in [-0.15, -0.1) is 0 Å². The fraction of sp³-hybridized carbons (Fsp3) is 0.353. The predicted octanol–water partition coefficient (Wildman–Crippen LogP) is 2.13. The van der Waals surface area contributed by atoms with Gasteiger partial charge in [0, 0.05) is 12.5 Å². The molecule has 0 aliphatic rings. The van der Waals surface area contributed by atoms with E-state index in [4.69, 9.17) is 0 Å². The van der Waals surface area contributed by atoms with E-state index < -0.39 is 16.0 Å². The number of aryl methyl sites for hydroxylation is 1. The molecule has 1 aromatic carbocycles. The van der Waals surface area contributed by atoms with Crippen molar-refractivity contribution in [1.82, 2.24) is 4.31 Å². The Morgan fingerprint density at radius 3 is 2.43 bits per heavy atom. The monoisotopic (exact) mass is 335 g/mol. The summed E-state index contributed by atoms with van der Waals surface area (Å²) in [6.45, 7) is 5.69. The molecule has 0 atom stereocenters. The van der Waals surface area contributed by atoms with Crippen molar-refractivity contribution in [3.05, 3.63) is 41.5 Å². The van der Waals surface area contributed by atoms with Crippen molar-refractivity contribution in [2.24, 2.45) is 0 Å². The lowest BCUT2D eigenvalue weighted by Gasteiger charge is -2.20. The molecule has 1 rings (SSSR count). The summed E-state index contributed by atoms with van der Waals surface area (Å²) in [5, 5.41) is 0. The van der Waals surface area contributed by atoms with Crippen molar-refractivity contribution in [2.45, 2.75) is 25.7 Å². The molecule has 0 fully saturated rings. The number of rotatable bonds is 5. The molecule has 0 heterocycles. The Bertz CT molecular complexity index is 737. The van der Waals surface area contributed by atoms with Crippen molar-refractivity contribution in [2.75, 3.05) is 20.2 Å². The maximum Gasteiger partial charge on any atom is 0.384 e. The average molecular weight is 335 g/mol. The number of carbonyl (C=O) groups excluding carboxylic acids is 1. The van der Waals surface area contributed by atoms with Crippen molar-refractivity contribution >= 4 is 16.0 Å². The smallest absolute Gasteiger partial charge is 0.384 e. The number of nitrogens with zero attached hydrogens (tertiary/aromatic N) is 1. The molecule has 6 heteroatoms. The molecule has 0 saturated carbocycles. The second kappa shape index (κ2) is 8.51. The van der Waals surface area contributed by atoms with Crippen LogP contribution >= 0.6 is 0 Å². The fourth-order valence-electron chi connectivity index (χ4n) is 1.71. The van der Waals surface area contributed by atoms with Crippen LogP contribution in [0.3, 0.4) is 0 Å². The van der Waals surface area contributed by atoms with E-state index in [9.17, 15) is 13.2 Å². The van der Waals surface area contributed by atoms with Crippen LogP contribution in [0.25, 0.3) is 0 Å². The SMILES string of the molecule is C/C=C(\C)CN(CC#CC(=O)OC)S(=O)(=O)c1ccc(C)cc1. The third-order valence-corrected chi connectivity index (χ3v) is 5.01. The van der Waals surface area contributed by atoms with Gasteiger partial charge in [0.05, 0.1) is 18.6 Å². The van der Waals surface area contributed by atoms with E-state index >= 15 is 0 Å². The van der Waals surface area contributed by atoms with Crippen molar-refractivity contribution in [3.8, 4) is 11.8 Å². The Morgan fingerprint density at radius 2 is 1.91 bits per heavy atom. The van der Waals surface area contributed by atoms with Gasteiger partial charge < -0.3 is 4.74 Å². The van der Waals surface area contributed by atoms with E-state index in [1.165, 1.54) is 11.4 Å². The summed E-state index contributed by atoms with van der Waals surface area (Å²) >= 11 is 0.